The van der Waals surface area contributed by atoms with Crippen LogP contribution in [0, 0.1) is 5.41 Å². The van der Waals surface area contributed by atoms with E-state index in [1.807, 2.05) is 0 Å². The van der Waals surface area contributed by atoms with Gasteiger partial charge in [-0.3, -0.25) is 9.59 Å². The Morgan fingerprint density at radius 1 is 1.31 bits per heavy atom. The largest absolute Gasteiger partial charge is 0.383 e. The van der Waals surface area contributed by atoms with Crippen molar-refractivity contribution in [3.05, 3.63) is 0 Å². The fraction of sp³-hybridized carbons (Fsp3) is 0.800. The quantitative estimate of drug-likeness (QED) is 0.499. The summed E-state index contributed by atoms with van der Waals surface area (Å²) in [7, 11) is 1.55. The van der Waals surface area contributed by atoms with E-state index in [2.05, 4.69) is 10.6 Å². The molecule has 0 aromatic carbocycles. The lowest BCUT2D eigenvalue weighted by molar-refractivity contribution is -0.131. The number of nitrogens with one attached hydrogen (secondary N) is 2. The van der Waals surface area contributed by atoms with Crippen molar-refractivity contribution in [2.24, 2.45) is 5.41 Å². The second-order valence-corrected chi connectivity index (χ2v) is 4.31. The van der Waals surface area contributed by atoms with Gasteiger partial charge < -0.3 is 15.4 Å². The summed E-state index contributed by atoms with van der Waals surface area (Å²) in [5, 5.41) is 5.12. The molecule has 0 aliphatic heterocycles. The summed E-state index contributed by atoms with van der Waals surface area (Å²) >= 11 is 5.63. The Labute approximate surface area is 101 Å². The van der Waals surface area contributed by atoms with Crippen LogP contribution in [0.5, 0.6) is 0 Å². The number of halogens is 1. The molecule has 0 spiro atoms. The number of hydrogen-bond acceptors (Lipinski definition) is 3. The average molecular weight is 251 g/mol. The van der Waals surface area contributed by atoms with Crippen LogP contribution in [0.2, 0.25) is 0 Å². The van der Waals surface area contributed by atoms with Crippen LogP contribution < -0.4 is 10.6 Å². The highest BCUT2D eigenvalue weighted by Crippen LogP contribution is 2.16. The first-order valence-electron chi connectivity index (χ1n) is 5.04. The van der Waals surface area contributed by atoms with Crippen LogP contribution in [0.3, 0.4) is 0 Å². The van der Waals surface area contributed by atoms with Crippen molar-refractivity contribution in [1.82, 2.24) is 10.6 Å². The highest BCUT2D eigenvalue weighted by Gasteiger charge is 2.26. The van der Waals surface area contributed by atoms with Gasteiger partial charge in [0.1, 0.15) is 0 Å². The summed E-state index contributed by atoms with van der Waals surface area (Å²) in [6.45, 7) is 4.29. The highest BCUT2D eigenvalue weighted by atomic mass is 35.5. The van der Waals surface area contributed by atoms with E-state index in [1.165, 1.54) is 0 Å². The van der Waals surface area contributed by atoms with Gasteiger partial charge in [0.25, 0.3) is 0 Å². The van der Waals surface area contributed by atoms with Gasteiger partial charge in [0.2, 0.25) is 11.8 Å². The number of rotatable bonds is 7. The molecule has 0 saturated heterocycles. The number of amides is 2. The average Bonchev–Trinajstić information content (AvgIpc) is 2.26. The maximum absolute atomic E-state index is 11.5. The smallest absolute Gasteiger partial charge is 0.239 e. The summed E-state index contributed by atoms with van der Waals surface area (Å²) in [5.41, 5.74) is -0.658. The Kier molecular flexibility index (Phi) is 7.08. The maximum atomic E-state index is 11.5. The van der Waals surface area contributed by atoms with E-state index in [4.69, 9.17) is 16.3 Å². The molecule has 16 heavy (non-hydrogen) atoms. The minimum atomic E-state index is -0.658. The van der Waals surface area contributed by atoms with Gasteiger partial charge in [-0.1, -0.05) is 0 Å². The molecule has 0 rings (SSSR count). The Morgan fingerprint density at radius 2 is 1.94 bits per heavy atom. The van der Waals surface area contributed by atoms with Crippen LogP contribution >= 0.6 is 11.6 Å². The van der Waals surface area contributed by atoms with Crippen molar-refractivity contribution in [2.45, 2.75) is 13.8 Å². The summed E-state index contributed by atoms with van der Waals surface area (Å²) in [5.74, 6) is -0.260. The van der Waals surface area contributed by atoms with Crippen molar-refractivity contribution in [1.29, 1.82) is 0 Å². The third-order valence-corrected chi connectivity index (χ3v) is 2.65. The summed E-state index contributed by atoms with van der Waals surface area (Å²) in [4.78, 5) is 22.8. The molecule has 5 nitrogen and oxygen atoms in total. The summed E-state index contributed by atoms with van der Waals surface area (Å²) in [6, 6.07) is 0. The van der Waals surface area contributed by atoms with Gasteiger partial charge in [0.15, 0.2) is 0 Å². The van der Waals surface area contributed by atoms with Crippen LogP contribution in [-0.2, 0) is 14.3 Å². The Morgan fingerprint density at radius 3 is 2.44 bits per heavy atom. The van der Waals surface area contributed by atoms with Gasteiger partial charge in [-0.15, -0.1) is 11.6 Å². The molecule has 0 unspecified atom stereocenters. The molecule has 0 radical (unpaired) electrons. The molecule has 0 aliphatic carbocycles. The van der Waals surface area contributed by atoms with E-state index in [9.17, 15) is 9.59 Å². The normalized spacial score (nSPS) is 11.0. The van der Waals surface area contributed by atoms with Gasteiger partial charge in [0.05, 0.1) is 18.6 Å². The molecular formula is C10H19ClN2O3. The second kappa shape index (κ2) is 7.46. The lowest BCUT2D eigenvalue weighted by atomic mass is 9.95. The molecule has 0 heterocycles. The predicted molar refractivity (Wildman–Crippen MR) is 62.4 cm³/mol. The van der Waals surface area contributed by atoms with Crippen LogP contribution in [-0.4, -0.2) is 44.5 Å². The summed E-state index contributed by atoms with van der Waals surface area (Å²) < 4.78 is 4.77. The first-order valence-corrected chi connectivity index (χ1v) is 5.57. The third kappa shape index (κ3) is 5.92. The van der Waals surface area contributed by atoms with Crippen LogP contribution in [0.1, 0.15) is 13.8 Å². The van der Waals surface area contributed by atoms with Crippen molar-refractivity contribution < 1.29 is 14.3 Å². The van der Waals surface area contributed by atoms with Crippen molar-refractivity contribution in [2.75, 3.05) is 32.7 Å². The molecule has 0 aromatic rings. The van der Waals surface area contributed by atoms with E-state index < -0.39 is 5.41 Å². The Bertz CT molecular complexity index is 244. The summed E-state index contributed by atoms with van der Waals surface area (Å²) in [6.07, 6.45) is 0. The molecular weight excluding hydrogens is 232 g/mol. The SMILES string of the molecule is COCCNC(=O)CNC(=O)C(C)(C)CCl. The van der Waals surface area contributed by atoms with Gasteiger partial charge in [-0.25, -0.2) is 0 Å². The standard InChI is InChI=1S/C10H19ClN2O3/c1-10(2,7-11)9(15)13-6-8(14)12-4-5-16-3/h4-7H2,1-3H3,(H,12,14)(H,13,15). The number of alkyl halides is 1. The van der Waals surface area contributed by atoms with Crippen molar-refractivity contribution in [3.63, 3.8) is 0 Å². The molecule has 0 aromatic heterocycles. The number of ether oxygens (including phenoxy) is 1. The molecule has 0 aliphatic rings. The zero-order chi connectivity index (χ0) is 12.6. The van der Waals surface area contributed by atoms with E-state index in [-0.39, 0.29) is 24.2 Å². The van der Waals surface area contributed by atoms with E-state index >= 15 is 0 Å². The monoisotopic (exact) mass is 250 g/mol. The molecule has 6 heteroatoms. The van der Waals surface area contributed by atoms with Gasteiger partial charge in [0, 0.05) is 19.5 Å². The van der Waals surface area contributed by atoms with Gasteiger partial charge in [-0.2, -0.15) is 0 Å². The van der Waals surface area contributed by atoms with Crippen molar-refractivity contribution in [3.8, 4) is 0 Å². The fourth-order valence-corrected chi connectivity index (χ4v) is 0.937. The second-order valence-electron chi connectivity index (χ2n) is 4.04. The van der Waals surface area contributed by atoms with E-state index in [0.29, 0.717) is 13.2 Å². The lowest BCUT2D eigenvalue weighted by Gasteiger charge is -2.19. The number of carbonyl (C=O) groups is 2. The maximum Gasteiger partial charge on any atom is 0.239 e. The zero-order valence-corrected chi connectivity index (χ0v) is 10.7. The van der Waals surface area contributed by atoms with Crippen LogP contribution in [0.15, 0.2) is 0 Å². The highest BCUT2D eigenvalue weighted by molar-refractivity contribution is 6.19. The molecule has 0 bridgehead atoms. The van der Waals surface area contributed by atoms with E-state index in [0.717, 1.165) is 0 Å². The Balaban J connectivity index is 3.80. The Hall–Kier alpha value is -0.810. The van der Waals surface area contributed by atoms with Crippen LogP contribution in [0.4, 0.5) is 0 Å². The lowest BCUT2D eigenvalue weighted by Crippen LogP contribution is -2.43. The first-order chi connectivity index (χ1) is 7.44. The number of hydrogen-bond donors (Lipinski definition) is 2. The molecule has 0 atom stereocenters. The molecule has 94 valence electrons. The molecule has 0 fully saturated rings. The predicted octanol–water partition coefficient (Wildman–Crippen LogP) is 0.130. The van der Waals surface area contributed by atoms with Crippen molar-refractivity contribution >= 4 is 23.4 Å². The minimum Gasteiger partial charge on any atom is -0.383 e. The molecule has 2 amide bonds. The topological polar surface area (TPSA) is 67.4 Å². The van der Waals surface area contributed by atoms with E-state index in [1.54, 1.807) is 21.0 Å². The van der Waals surface area contributed by atoms with Crippen LogP contribution in [0.25, 0.3) is 0 Å². The third-order valence-electron chi connectivity index (χ3n) is 1.99. The minimum absolute atomic E-state index is 0.0388. The molecule has 0 saturated carbocycles. The number of methoxy groups -OCH3 is 1. The van der Waals surface area contributed by atoms with Gasteiger partial charge >= 0.3 is 0 Å². The molecule has 2 N–H and O–H groups in total. The zero-order valence-electron chi connectivity index (χ0n) is 9.93. The first kappa shape index (κ1) is 15.2. The fourth-order valence-electron chi connectivity index (χ4n) is 0.816. The van der Waals surface area contributed by atoms with Gasteiger partial charge in [-0.05, 0) is 13.8 Å². The number of carbonyl (C=O) groups excluding carboxylic acids is 2.